The molecule has 116 valence electrons. The summed E-state index contributed by atoms with van der Waals surface area (Å²) in [7, 11) is -2.58. The summed E-state index contributed by atoms with van der Waals surface area (Å²) in [5, 5.41) is 10.6. The molecule has 9 heteroatoms. The maximum atomic E-state index is 12.3. The molecule has 0 heterocycles. The molecule has 0 atom stereocenters. The van der Waals surface area contributed by atoms with Crippen LogP contribution < -0.4 is 9.46 Å². The number of nitrogens with one attached hydrogen (secondary N) is 1. The van der Waals surface area contributed by atoms with Crippen LogP contribution in [0.25, 0.3) is 0 Å². The van der Waals surface area contributed by atoms with E-state index in [1.165, 1.54) is 19.2 Å². The summed E-state index contributed by atoms with van der Waals surface area (Å²) >= 11 is 5.80. The van der Waals surface area contributed by atoms with Crippen molar-refractivity contribution in [3.05, 3.63) is 57.6 Å². The lowest BCUT2D eigenvalue weighted by molar-refractivity contribution is -0.384. The summed E-state index contributed by atoms with van der Waals surface area (Å²) in [5.74, 6) is -0.00407. The van der Waals surface area contributed by atoms with E-state index in [1.54, 1.807) is 18.2 Å². The zero-order chi connectivity index (χ0) is 16.3. The van der Waals surface area contributed by atoms with Crippen LogP contribution in [-0.4, -0.2) is 20.5 Å². The number of methoxy groups -OCH3 is 1. The number of halogens is 1. The molecule has 7 nitrogen and oxygen atoms in total. The number of rotatable bonds is 5. The van der Waals surface area contributed by atoms with Gasteiger partial charge in [-0.15, -0.1) is 0 Å². The number of ether oxygens (including phenoxy) is 1. The van der Waals surface area contributed by atoms with Crippen molar-refractivity contribution in [3.8, 4) is 5.75 Å². The monoisotopic (exact) mass is 342 g/mol. The van der Waals surface area contributed by atoms with Gasteiger partial charge < -0.3 is 4.74 Å². The Bertz CT molecular complexity index is 809. The first-order valence-corrected chi connectivity index (χ1v) is 7.81. The molecule has 0 unspecified atom stereocenters. The molecule has 0 saturated carbocycles. The Balaban J connectivity index is 2.46. The third-order valence-corrected chi connectivity index (χ3v) is 4.45. The second-order valence-corrected chi connectivity index (χ2v) is 6.27. The normalized spacial score (nSPS) is 11.0. The van der Waals surface area contributed by atoms with Crippen molar-refractivity contribution in [1.29, 1.82) is 0 Å². The topological polar surface area (TPSA) is 98.5 Å². The Labute approximate surface area is 131 Å². The van der Waals surface area contributed by atoms with Crippen LogP contribution in [0.2, 0.25) is 5.02 Å². The number of nitrogens with zero attached hydrogens (tertiary/aromatic N) is 1. The fourth-order valence-corrected chi connectivity index (χ4v) is 3.05. The van der Waals surface area contributed by atoms with Crippen LogP contribution in [0.15, 0.2) is 47.4 Å². The number of nitro benzene ring substituents is 1. The summed E-state index contributed by atoms with van der Waals surface area (Å²) in [6, 6.07) is 9.87. The van der Waals surface area contributed by atoms with Crippen LogP contribution in [0.5, 0.6) is 5.75 Å². The Hall–Kier alpha value is -2.32. The van der Waals surface area contributed by atoms with Crippen molar-refractivity contribution in [2.75, 3.05) is 11.8 Å². The molecule has 0 amide bonds. The highest BCUT2D eigenvalue weighted by atomic mass is 35.5. The predicted molar refractivity (Wildman–Crippen MR) is 81.9 cm³/mol. The van der Waals surface area contributed by atoms with Gasteiger partial charge in [0.15, 0.2) is 0 Å². The number of benzene rings is 2. The number of anilines is 1. The SMILES string of the molecule is COc1cc([N+](=O)[O-])c(Cl)cc1NS(=O)(=O)c1ccccc1. The van der Waals surface area contributed by atoms with Gasteiger partial charge in [0.05, 0.1) is 28.7 Å². The Morgan fingerprint density at radius 3 is 2.41 bits per heavy atom. The number of nitro groups is 1. The minimum absolute atomic E-state index is 0.00407. The predicted octanol–water partition coefficient (Wildman–Crippen LogP) is 3.06. The Morgan fingerprint density at radius 1 is 1.23 bits per heavy atom. The second-order valence-electron chi connectivity index (χ2n) is 4.18. The van der Waals surface area contributed by atoms with E-state index in [4.69, 9.17) is 16.3 Å². The van der Waals surface area contributed by atoms with Crippen LogP contribution in [0, 0.1) is 10.1 Å². The molecule has 0 fully saturated rings. The molecule has 0 saturated heterocycles. The Kier molecular flexibility index (Phi) is 4.53. The zero-order valence-corrected chi connectivity index (χ0v) is 12.9. The average molecular weight is 343 g/mol. The van der Waals surface area contributed by atoms with Crippen molar-refractivity contribution in [1.82, 2.24) is 0 Å². The fraction of sp³-hybridized carbons (Fsp3) is 0.0769. The first-order chi connectivity index (χ1) is 10.3. The molecule has 0 aliphatic heterocycles. The van der Waals surface area contributed by atoms with E-state index in [0.29, 0.717) is 0 Å². The third kappa shape index (κ3) is 3.29. The summed E-state index contributed by atoms with van der Waals surface area (Å²) < 4.78 is 31.8. The van der Waals surface area contributed by atoms with E-state index < -0.39 is 14.9 Å². The van der Waals surface area contributed by atoms with Crippen LogP contribution in [0.1, 0.15) is 0 Å². The molecule has 22 heavy (non-hydrogen) atoms. The lowest BCUT2D eigenvalue weighted by atomic mass is 10.2. The maximum absolute atomic E-state index is 12.3. The molecule has 2 aromatic rings. The highest BCUT2D eigenvalue weighted by Crippen LogP contribution is 2.36. The summed E-state index contributed by atoms with van der Waals surface area (Å²) in [5.41, 5.74) is -0.358. The number of hydrogen-bond donors (Lipinski definition) is 1. The van der Waals surface area contributed by atoms with E-state index in [2.05, 4.69) is 4.72 Å². The molecular weight excluding hydrogens is 332 g/mol. The van der Waals surface area contributed by atoms with Crippen molar-refractivity contribution < 1.29 is 18.1 Å². The molecular formula is C13H11ClN2O5S. The average Bonchev–Trinajstić information content (AvgIpc) is 2.47. The molecule has 1 N–H and O–H groups in total. The van der Waals surface area contributed by atoms with Crippen LogP contribution >= 0.6 is 11.6 Å². The van der Waals surface area contributed by atoms with Gasteiger partial charge in [0, 0.05) is 0 Å². The summed E-state index contributed by atoms with van der Waals surface area (Å²) in [4.78, 5) is 10.2. The minimum Gasteiger partial charge on any atom is -0.494 e. The van der Waals surface area contributed by atoms with Crippen LogP contribution in [0.3, 0.4) is 0 Å². The smallest absolute Gasteiger partial charge is 0.291 e. The first kappa shape index (κ1) is 16.1. The second kappa shape index (κ2) is 6.20. The number of hydrogen-bond acceptors (Lipinski definition) is 5. The molecule has 0 aliphatic carbocycles. The van der Waals surface area contributed by atoms with Gasteiger partial charge in [0.25, 0.3) is 15.7 Å². The minimum atomic E-state index is -3.85. The zero-order valence-electron chi connectivity index (χ0n) is 11.3. The molecule has 2 rings (SSSR count). The molecule has 0 radical (unpaired) electrons. The molecule has 2 aromatic carbocycles. The van der Waals surface area contributed by atoms with Gasteiger partial charge in [0.1, 0.15) is 10.8 Å². The number of sulfonamides is 1. The van der Waals surface area contributed by atoms with E-state index in [-0.39, 0.29) is 27.0 Å². The molecule has 0 spiro atoms. The summed E-state index contributed by atoms with van der Waals surface area (Å²) in [6.45, 7) is 0. The van der Waals surface area contributed by atoms with Gasteiger partial charge in [-0.1, -0.05) is 29.8 Å². The van der Waals surface area contributed by atoms with Crippen molar-refractivity contribution in [2.45, 2.75) is 4.90 Å². The highest BCUT2D eigenvalue weighted by molar-refractivity contribution is 7.92. The van der Waals surface area contributed by atoms with Crippen LogP contribution in [-0.2, 0) is 10.0 Å². The van der Waals surface area contributed by atoms with Gasteiger partial charge in [-0.3, -0.25) is 14.8 Å². The lowest BCUT2D eigenvalue weighted by Gasteiger charge is -2.12. The molecule has 0 aliphatic rings. The Morgan fingerprint density at radius 2 is 1.86 bits per heavy atom. The molecule has 0 bridgehead atoms. The lowest BCUT2D eigenvalue weighted by Crippen LogP contribution is -2.13. The standard InChI is InChI=1S/C13H11ClN2O5S/c1-21-13-8-12(16(17)18)10(14)7-11(13)15-22(19,20)9-5-3-2-4-6-9/h2-8,15H,1H3. The van der Waals surface area contributed by atoms with Crippen molar-refractivity contribution in [2.24, 2.45) is 0 Å². The van der Waals surface area contributed by atoms with Gasteiger partial charge in [0.2, 0.25) is 0 Å². The first-order valence-electron chi connectivity index (χ1n) is 5.95. The highest BCUT2D eigenvalue weighted by Gasteiger charge is 2.21. The summed E-state index contributed by atoms with van der Waals surface area (Å²) in [6.07, 6.45) is 0. The van der Waals surface area contributed by atoms with Gasteiger partial charge in [-0.25, -0.2) is 8.42 Å². The third-order valence-electron chi connectivity index (χ3n) is 2.76. The van der Waals surface area contributed by atoms with Crippen LogP contribution in [0.4, 0.5) is 11.4 Å². The van der Waals surface area contributed by atoms with Crippen molar-refractivity contribution >= 4 is 33.0 Å². The van der Waals surface area contributed by atoms with Crippen molar-refractivity contribution in [3.63, 3.8) is 0 Å². The van der Waals surface area contributed by atoms with E-state index >= 15 is 0 Å². The van der Waals surface area contributed by atoms with E-state index in [1.807, 2.05) is 0 Å². The fourth-order valence-electron chi connectivity index (χ4n) is 1.73. The van der Waals surface area contributed by atoms with E-state index in [9.17, 15) is 18.5 Å². The quantitative estimate of drug-likeness (QED) is 0.665. The van der Waals surface area contributed by atoms with Gasteiger partial charge in [-0.05, 0) is 18.2 Å². The largest absolute Gasteiger partial charge is 0.494 e. The molecule has 0 aromatic heterocycles. The maximum Gasteiger partial charge on any atom is 0.291 e. The van der Waals surface area contributed by atoms with Gasteiger partial charge in [-0.2, -0.15) is 0 Å². The van der Waals surface area contributed by atoms with E-state index in [0.717, 1.165) is 12.1 Å². The van der Waals surface area contributed by atoms with Gasteiger partial charge >= 0.3 is 0 Å².